The van der Waals surface area contributed by atoms with Crippen molar-refractivity contribution in [3.63, 3.8) is 0 Å². The SMILES string of the molecule is C[C@@H]1N=C(c2ncccc2F)c2c(ccc(Cl)c2Cl)-n2nc(C(=O)N3CCCOC3)nc21. The van der Waals surface area contributed by atoms with Crippen LogP contribution in [0.4, 0.5) is 4.39 Å². The van der Waals surface area contributed by atoms with E-state index in [1.54, 1.807) is 24.0 Å². The number of fused-ring (bicyclic) bond motifs is 3. The molecule has 11 heteroatoms. The van der Waals surface area contributed by atoms with Crippen LogP contribution >= 0.6 is 23.2 Å². The summed E-state index contributed by atoms with van der Waals surface area (Å²) < 4.78 is 21.6. The number of carbonyl (C=O) groups is 1. The Kier molecular flexibility index (Phi) is 5.40. The molecule has 0 radical (unpaired) electrons. The molecule has 3 aromatic rings. The summed E-state index contributed by atoms with van der Waals surface area (Å²) >= 11 is 12.9. The molecule has 2 aromatic heterocycles. The molecule has 0 spiro atoms. The number of hydrogen-bond acceptors (Lipinski definition) is 6. The third-order valence-electron chi connectivity index (χ3n) is 5.29. The second-order valence-corrected chi connectivity index (χ2v) is 8.19. The van der Waals surface area contributed by atoms with E-state index in [4.69, 9.17) is 27.9 Å². The highest BCUT2D eigenvalue weighted by atomic mass is 35.5. The van der Waals surface area contributed by atoms with Gasteiger partial charge in [-0.2, -0.15) is 0 Å². The summed E-state index contributed by atoms with van der Waals surface area (Å²) in [5.41, 5.74) is 1.12. The van der Waals surface area contributed by atoms with Crippen LogP contribution in [0.5, 0.6) is 0 Å². The molecule has 1 aromatic carbocycles. The predicted octanol–water partition coefficient (Wildman–Crippen LogP) is 3.84. The Hall–Kier alpha value is -2.88. The highest BCUT2D eigenvalue weighted by molar-refractivity contribution is 6.45. The van der Waals surface area contributed by atoms with Crippen molar-refractivity contribution >= 4 is 34.8 Å². The average Bonchev–Trinajstić information content (AvgIpc) is 3.21. The number of rotatable bonds is 2. The van der Waals surface area contributed by atoms with E-state index < -0.39 is 11.9 Å². The second-order valence-electron chi connectivity index (χ2n) is 7.41. The smallest absolute Gasteiger partial charge is 0.295 e. The van der Waals surface area contributed by atoms with Crippen LogP contribution in [0.3, 0.4) is 0 Å². The van der Waals surface area contributed by atoms with Crippen LogP contribution in [-0.2, 0) is 4.74 Å². The Morgan fingerprint density at radius 1 is 1.28 bits per heavy atom. The van der Waals surface area contributed by atoms with Crippen LogP contribution in [0.2, 0.25) is 10.0 Å². The van der Waals surface area contributed by atoms with Gasteiger partial charge in [0, 0.05) is 18.3 Å². The van der Waals surface area contributed by atoms with E-state index in [0.29, 0.717) is 30.2 Å². The molecule has 1 saturated heterocycles. The summed E-state index contributed by atoms with van der Waals surface area (Å²) in [7, 11) is 0. The quantitative estimate of drug-likeness (QED) is 0.563. The van der Waals surface area contributed by atoms with E-state index in [-0.39, 0.29) is 39.9 Å². The molecule has 2 aliphatic rings. The molecule has 0 unspecified atom stereocenters. The maximum Gasteiger partial charge on any atom is 0.295 e. The van der Waals surface area contributed by atoms with Crippen LogP contribution in [0.15, 0.2) is 35.5 Å². The first-order valence-corrected chi connectivity index (χ1v) is 10.7. The standard InChI is InChI=1S/C21H17Cl2FN6O2/c1-11-20-27-19(21(31)29-8-3-9-32-10-29)28-30(20)14-6-5-12(22)16(23)15(14)18(26-11)17-13(24)4-2-7-25-17/h2,4-7,11H,3,8-10H2,1H3/t11-/m0/s1. The zero-order valence-corrected chi connectivity index (χ0v) is 18.4. The van der Waals surface area contributed by atoms with Gasteiger partial charge in [-0.05, 0) is 37.6 Å². The molecule has 2 aliphatic heterocycles. The number of halogens is 3. The highest BCUT2D eigenvalue weighted by Gasteiger charge is 2.32. The van der Waals surface area contributed by atoms with E-state index in [1.165, 1.54) is 23.0 Å². The zero-order chi connectivity index (χ0) is 22.4. The van der Waals surface area contributed by atoms with Crippen molar-refractivity contribution in [1.29, 1.82) is 0 Å². The Labute approximate surface area is 192 Å². The molecule has 8 nitrogen and oxygen atoms in total. The van der Waals surface area contributed by atoms with E-state index >= 15 is 0 Å². The van der Waals surface area contributed by atoms with Gasteiger partial charge >= 0.3 is 0 Å². The predicted molar refractivity (Wildman–Crippen MR) is 116 cm³/mol. The van der Waals surface area contributed by atoms with Crippen molar-refractivity contribution in [2.24, 2.45) is 4.99 Å². The Morgan fingerprint density at radius 2 is 2.12 bits per heavy atom. The summed E-state index contributed by atoms with van der Waals surface area (Å²) in [4.78, 5) is 27.8. The molecule has 0 saturated carbocycles. The van der Waals surface area contributed by atoms with Gasteiger partial charge in [0.15, 0.2) is 11.6 Å². The van der Waals surface area contributed by atoms with Gasteiger partial charge in [0.1, 0.15) is 18.5 Å². The van der Waals surface area contributed by atoms with Gasteiger partial charge in [-0.25, -0.2) is 14.1 Å². The fourth-order valence-electron chi connectivity index (χ4n) is 3.76. The summed E-state index contributed by atoms with van der Waals surface area (Å²) in [6.45, 7) is 3.15. The van der Waals surface area contributed by atoms with Crippen molar-refractivity contribution in [1.82, 2.24) is 24.6 Å². The fourth-order valence-corrected chi connectivity index (χ4v) is 4.17. The van der Waals surface area contributed by atoms with Gasteiger partial charge in [0.25, 0.3) is 5.91 Å². The molecule has 1 atom stereocenters. The molecular weight excluding hydrogens is 458 g/mol. The van der Waals surface area contributed by atoms with Crippen molar-refractivity contribution in [2.45, 2.75) is 19.4 Å². The molecule has 1 amide bonds. The first kappa shape index (κ1) is 21.0. The number of aliphatic imine (C=N–C) groups is 1. The topological polar surface area (TPSA) is 85.5 Å². The van der Waals surface area contributed by atoms with E-state index in [9.17, 15) is 9.18 Å². The number of nitrogens with zero attached hydrogens (tertiary/aromatic N) is 6. The van der Waals surface area contributed by atoms with Gasteiger partial charge in [-0.1, -0.05) is 23.2 Å². The van der Waals surface area contributed by atoms with Crippen LogP contribution in [0.25, 0.3) is 5.69 Å². The number of ether oxygens (including phenoxy) is 1. The minimum absolute atomic E-state index is 0.0250. The lowest BCUT2D eigenvalue weighted by Crippen LogP contribution is -2.38. The number of pyridine rings is 1. The Morgan fingerprint density at radius 3 is 2.88 bits per heavy atom. The van der Waals surface area contributed by atoms with E-state index in [2.05, 4.69) is 20.1 Å². The molecule has 0 bridgehead atoms. The van der Waals surface area contributed by atoms with Crippen molar-refractivity contribution < 1.29 is 13.9 Å². The summed E-state index contributed by atoms with van der Waals surface area (Å²) in [6.07, 6.45) is 2.22. The van der Waals surface area contributed by atoms with Gasteiger partial charge in [-0.3, -0.25) is 14.8 Å². The third-order valence-corrected chi connectivity index (χ3v) is 6.10. The van der Waals surface area contributed by atoms with Crippen LogP contribution in [-0.4, -0.2) is 56.1 Å². The molecule has 164 valence electrons. The minimum atomic E-state index is -0.569. The number of aromatic nitrogens is 4. The Balaban J connectivity index is 1.69. The number of hydrogen-bond donors (Lipinski definition) is 0. The van der Waals surface area contributed by atoms with Gasteiger partial charge in [0.05, 0.1) is 28.1 Å². The van der Waals surface area contributed by atoms with Crippen LogP contribution in [0.1, 0.15) is 47.1 Å². The first-order valence-electron chi connectivity index (χ1n) is 9.97. The lowest BCUT2D eigenvalue weighted by molar-refractivity contribution is -0.00638. The highest BCUT2D eigenvalue weighted by Crippen LogP contribution is 2.37. The molecule has 4 heterocycles. The number of carbonyl (C=O) groups excluding carboxylic acids is 1. The second kappa shape index (κ2) is 8.23. The molecule has 32 heavy (non-hydrogen) atoms. The molecular formula is C21H17Cl2FN6O2. The van der Waals surface area contributed by atoms with Gasteiger partial charge in [-0.15, -0.1) is 5.10 Å². The number of benzene rings is 1. The average molecular weight is 475 g/mol. The minimum Gasteiger partial charge on any atom is -0.361 e. The fraction of sp³-hybridized carbons (Fsp3) is 0.286. The Bertz CT molecular complexity index is 1260. The van der Waals surface area contributed by atoms with Crippen LogP contribution in [0, 0.1) is 5.82 Å². The molecule has 0 N–H and O–H groups in total. The van der Waals surface area contributed by atoms with Crippen molar-refractivity contribution in [3.8, 4) is 5.69 Å². The molecule has 1 fully saturated rings. The summed E-state index contributed by atoms with van der Waals surface area (Å²) in [6, 6.07) is 5.52. The molecule has 0 aliphatic carbocycles. The van der Waals surface area contributed by atoms with Gasteiger partial charge < -0.3 is 9.64 Å². The van der Waals surface area contributed by atoms with Crippen molar-refractivity contribution in [3.05, 3.63) is 69.2 Å². The third kappa shape index (κ3) is 3.46. The van der Waals surface area contributed by atoms with Crippen molar-refractivity contribution in [2.75, 3.05) is 19.9 Å². The van der Waals surface area contributed by atoms with E-state index in [0.717, 1.165) is 6.42 Å². The normalized spacial score (nSPS) is 17.9. The summed E-state index contributed by atoms with van der Waals surface area (Å²) in [5, 5.41) is 4.92. The largest absolute Gasteiger partial charge is 0.361 e. The zero-order valence-electron chi connectivity index (χ0n) is 16.9. The summed E-state index contributed by atoms with van der Waals surface area (Å²) in [5.74, 6) is -0.442. The lowest BCUT2D eigenvalue weighted by Gasteiger charge is -2.25. The van der Waals surface area contributed by atoms with Crippen LogP contribution < -0.4 is 0 Å². The van der Waals surface area contributed by atoms with Gasteiger partial charge in [0.2, 0.25) is 5.82 Å². The van der Waals surface area contributed by atoms with E-state index in [1.807, 2.05) is 0 Å². The monoisotopic (exact) mass is 474 g/mol. The first-order chi connectivity index (χ1) is 15.5. The lowest BCUT2D eigenvalue weighted by atomic mass is 10.0. The maximum atomic E-state index is 14.7. The molecule has 5 rings (SSSR count). The maximum absolute atomic E-state index is 14.7. The number of amides is 1.